The van der Waals surface area contributed by atoms with Crippen molar-refractivity contribution in [1.29, 1.82) is 10.5 Å². The number of nitriles is 2. The Labute approximate surface area is 344 Å². The Balaban J connectivity index is 0.000000229. The molecule has 56 heavy (non-hydrogen) atoms. The lowest BCUT2D eigenvalue weighted by atomic mass is 9.95. The molecule has 0 aliphatic heterocycles. The highest BCUT2D eigenvalue weighted by Gasteiger charge is 2.73. The van der Waals surface area contributed by atoms with Gasteiger partial charge in [-0.3, -0.25) is 4.79 Å². The van der Waals surface area contributed by atoms with Gasteiger partial charge in [-0.1, -0.05) is 89.4 Å². The van der Waals surface area contributed by atoms with Crippen LogP contribution in [0.4, 0.5) is 13.2 Å². The minimum absolute atomic E-state index is 0.0978. The van der Waals surface area contributed by atoms with Crippen LogP contribution in [0.3, 0.4) is 0 Å². The smallest absolute Gasteiger partial charge is 0.432 e. The summed E-state index contributed by atoms with van der Waals surface area (Å²) in [5.74, 6) is 1.19. The summed E-state index contributed by atoms with van der Waals surface area (Å²) < 4.78 is 61.6. The summed E-state index contributed by atoms with van der Waals surface area (Å²) in [4.78, 5) is 13.3. The molecule has 0 saturated heterocycles. The largest absolute Gasteiger partial charge is 0.494 e. The van der Waals surface area contributed by atoms with Gasteiger partial charge in [0.1, 0.15) is 51.6 Å². The van der Waals surface area contributed by atoms with Crippen LogP contribution in [0, 0.1) is 22.7 Å². The molecule has 2 atom stereocenters. The molecule has 2 unspecified atom stereocenters. The number of alkyl halides is 5. The first-order chi connectivity index (χ1) is 26.7. The van der Waals surface area contributed by atoms with E-state index in [0.717, 1.165) is 4.57 Å². The maximum atomic E-state index is 13.4. The number of rotatable bonds is 12. The van der Waals surface area contributed by atoms with E-state index in [4.69, 9.17) is 53.8 Å². The van der Waals surface area contributed by atoms with E-state index in [1.165, 1.54) is 0 Å². The van der Waals surface area contributed by atoms with Gasteiger partial charge in [0, 0.05) is 23.6 Å². The highest BCUT2D eigenvalue weighted by molar-refractivity contribution is 9.10. The molecule has 1 saturated carbocycles. The van der Waals surface area contributed by atoms with Crippen LogP contribution >= 0.6 is 50.7 Å². The van der Waals surface area contributed by atoms with Crippen LogP contribution in [-0.4, -0.2) is 28.1 Å². The Hall–Kier alpha value is -4.69. The molecule has 290 valence electrons. The molecule has 1 fully saturated rings. The Morgan fingerprint density at radius 2 is 1.55 bits per heavy atom. The predicted octanol–water partition coefficient (Wildman–Crippen LogP) is 12.0. The zero-order valence-corrected chi connectivity index (χ0v) is 33.6. The van der Waals surface area contributed by atoms with Crippen molar-refractivity contribution in [3.63, 3.8) is 0 Å². The lowest BCUT2D eigenvalue weighted by Crippen LogP contribution is -2.30. The number of benzene rings is 4. The number of aromatic nitrogens is 1. The third-order valence-electron chi connectivity index (χ3n) is 8.60. The molecule has 1 aliphatic rings. The number of esters is 1. The predicted molar refractivity (Wildman–Crippen MR) is 210 cm³/mol. The normalized spacial score (nSPS) is 16.0. The van der Waals surface area contributed by atoms with E-state index >= 15 is 0 Å². The van der Waals surface area contributed by atoms with Crippen LogP contribution in [0.25, 0.3) is 11.3 Å². The van der Waals surface area contributed by atoms with Crippen molar-refractivity contribution in [2.75, 3.05) is 13.2 Å². The van der Waals surface area contributed by atoms with Crippen LogP contribution < -0.4 is 9.47 Å². The monoisotopic (exact) mass is 887 g/mol. The fourth-order valence-electron chi connectivity index (χ4n) is 5.87. The second-order valence-corrected chi connectivity index (χ2v) is 14.9. The zero-order chi connectivity index (χ0) is 40.7. The molecule has 0 amide bonds. The molecule has 5 aromatic rings. The third-order valence-corrected chi connectivity index (χ3v) is 10.5. The Bertz CT molecular complexity index is 2240. The van der Waals surface area contributed by atoms with Crippen LogP contribution in [0.5, 0.6) is 17.2 Å². The van der Waals surface area contributed by atoms with Crippen LogP contribution in [-0.2, 0) is 32.6 Å². The van der Waals surface area contributed by atoms with Crippen molar-refractivity contribution >= 4 is 56.7 Å². The van der Waals surface area contributed by atoms with Gasteiger partial charge in [-0.15, -0.1) is 0 Å². The molecule has 1 aromatic heterocycles. The van der Waals surface area contributed by atoms with Gasteiger partial charge in [-0.2, -0.15) is 23.7 Å². The second kappa shape index (κ2) is 18.1. The average Bonchev–Trinajstić information content (AvgIpc) is 3.65. The van der Waals surface area contributed by atoms with Gasteiger partial charge < -0.3 is 23.5 Å². The molecule has 6 rings (SSSR count). The molecule has 0 spiro atoms. The summed E-state index contributed by atoms with van der Waals surface area (Å²) in [5, 5.41) is 19.5. The maximum Gasteiger partial charge on any atom is 0.432 e. The molecular formula is C41H32BrCl3F3N3O5. The third kappa shape index (κ3) is 9.29. The molecule has 0 bridgehead atoms. The molecule has 0 radical (unpaired) electrons. The number of para-hydroxylation sites is 1. The van der Waals surface area contributed by atoms with Gasteiger partial charge in [-0.25, -0.2) is 0 Å². The first-order valence-electron chi connectivity index (χ1n) is 17.0. The number of carbonyl (C=O) groups is 1. The Kier molecular flexibility index (Phi) is 13.7. The summed E-state index contributed by atoms with van der Waals surface area (Å²) in [6.45, 7) is 4.02. The van der Waals surface area contributed by atoms with Crippen LogP contribution in [0.1, 0.15) is 48.8 Å². The SMILES string of the molecule is CCOCn1c(-c2ccc(Cl)cc2)c(C#N)c(Br)c1C(F)(F)F.CCOc1ccc(C2(C(=O)OC(C#N)c3cccc(Oc4ccccc4)c3)CC2(Cl)Cl)cc1. The van der Waals surface area contributed by atoms with Crippen molar-refractivity contribution in [1.82, 2.24) is 4.57 Å². The van der Waals surface area contributed by atoms with E-state index in [-0.39, 0.29) is 35.5 Å². The first-order valence-corrected chi connectivity index (χ1v) is 18.9. The van der Waals surface area contributed by atoms with Gasteiger partial charge >= 0.3 is 12.1 Å². The van der Waals surface area contributed by atoms with E-state index in [1.54, 1.807) is 79.7 Å². The quantitative estimate of drug-likeness (QED) is 0.0907. The van der Waals surface area contributed by atoms with Gasteiger partial charge in [0.2, 0.25) is 6.10 Å². The maximum absolute atomic E-state index is 13.4. The van der Waals surface area contributed by atoms with Crippen molar-refractivity contribution in [3.8, 4) is 40.6 Å². The van der Waals surface area contributed by atoms with Crippen molar-refractivity contribution < 1.29 is 36.9 Å². The molecule has 4 aromatic carbocycles. The summed E-state index contributed by atoms with van der Waals surface area (Å²) >= 11 is 21.6. The summed E-state index contributed by atoms with van der Waals surface area (Å²) in [7, 11) is 0. The van der Waals surface area contributed by atoms with Crippen LogP contribution in [0.15, 0.2) is 108 Å². The molecule has 8 nitrogen and oxygen atoms in total. The zero-order valence-electron chi connectivity index (χ0n) is 29.7. The summed E-state index contributed by atoms with van der Waals surface area (Å²) in [6, 6.07) is 33.2. The fourth-order valence-corrected chi connectivity index (χ4v) is 7.49. The molecule has 1 heterocycles. The summed E-state index contributed by atoms with van der Waals surface area (Å²) in [5.41, 5.74) is -0.630. The lowest BCUT2D eigenvalue weighted by molar-refractivity contribution is -0.150. The van der Waals surface area contributed by atoms with Gasteiger partial charge in [-0.05, 0) is 89.4 Å². The summed E-state index contributed by atoms with van der Waals surface area (Å²) in [6.07, 6.45) is -5.60. The Morgan fingerprint density at radius 3 is 2.11 bits per heavy atom. The van der Waals surface area contributed by atoms with Crippen molar-refractivity contribution in [2.45, 2.75) is 49.0 Å². The number of hydrogen-bond acceptors (Lipinski definition) is 7. The molecular weight excluding hydrogens is 858 g/mol. The lowest BCUT2D eigenvalue weighted by Gasteiger charge is -2.20. The molecule has 1 aliphatic carbocycles. The number of halogens is 7. The van der Waals surface area contributed by atoms with E-state index in [2.05, 4.69) is 15.9 Å². The second-order valence-electron chi connectivity index (χ2n) is 12.2. The molecule has 0 N–H and O–H groups in total. The van der Waals surface area contributed by atoms with E-state index in [0.29, 0.717) is 45.6 Å². The number of ether oxygens (including phenoxy) is 4. The molecule has 15 heteroatoms. The minimum Gasteiger partial charge on any atom is -0.494 e. The first kappa shape index (κ1) is 42.5. The highest BCUT2D eigenvalue weighted by Crippen LogP contribution is 2.65. The topological polar surface area (TPSA) is 107 Å². The van der Waals surface area contributed by atoms with Gasteiger partial charge in [0.05, 0.1) is 22.3 Å². The fraction of sp³-hybridized carbons (Fsp3) is 0.244. The van der Waals surface area contributed by atoms with Gasteiger partial charge in [0.15, 0.2) is 0 Å². The van der Waals surface area contributed by atoms with Gasteiger partial charge in [0.25, 0.3) is 0 Å². The van der Waals surface area contributed by atoms with Crippen molar-refractivity contribution in [2.24, 2.45) is 0 Å². The Morgan fingerprint density at radius 1 is 0.911 bits per heavy atom. The average molecular weight is 890 g/mol. The van der Waals surface area contributed by atoms with Crippen LogP contribution in [0.2, 0.25) is 5.02 Å². The number of carbonyl (C=O) groups excluding carboxylic acids is 1. The standard InChI is InChI=1S/C26H21Cl2NO4.C15H11BrClF3N2O/c1-2-31-20-13-11-19(12-14-20)25(17-26(25,27)28)24(30)33-23(16-29)18-7-6-10-22(15-18)32-21-8-4-3-5-9-21;1-2-23-8-22-13(9-3-5-10(17)6-4-9)11(7-21)12(16)14(22)15(18,19)20/h3-15,23H,2,17H2,1H3;3-6H,2,8H2,1H3. The number of hydrogen-bond donors (Lipinski definition) is 0. The van der Waals surface area contributed by atoms with E-state index in [1.807, 2.05) is 49.4 Å². The number of nitrogens with zero attached hydrogens (tertiary/aromatic N) is 3. The minimum atomic E-state index is -4.63. The van der Waals surface area contributed by atoms with E-state index in [9.17, 15) is 28.5 Å². The highest BCUT2D eigenvalue weighted by atomic mass is 79.9. The van der Waals surface area contributed by atoms with E-state index < -0.39 is 33.7 Å². The van der Waals surface area contributed by atoms with Crippen molar-refractivity contribution in [3.05, 3.63) is 135 Å².